The van der Waals surface area contributed by atoms with Gasteiger partial charge in [-0.25, -0.2) is 4.98 Å². The number of nitrogens with zero attached hydrogens (tertiary/aromatic N) is 2. The van der Waals surface area contributed by atoms with Gasteiger partial charge in [-0.1, -0.05) is 106 Å². The number of anilines is 1. The highest BCUT2D eigenvalue weighted by Gasteiger charge is 2.27. The quantitative estimate of drug-likeness (QED) is 0.234. The smallest absolute Gasteiger partial charge is 0.136 e. The lowest BCUT2D eigenvalue weighted by molar-refractivity contribution is 0.733. The van der Waals surface area contributed by atoms with Gasteiger partial charge in [-0.2, -0.15) is 0 Å². The zero-order valence-corrected chi connectivity index (χ0v) is 24.6. The zero-order valence-electron chi connectivity index (χ0n) is 24.6. The minimum atomic E-state index is -0.100. The molecular formula is C36H41N3. The first-order chi connectivity index (χ1) is 18.7. The maximum Gasteiger partial charge on any atom is 0.136 e. The van der Waals surface area contributed by atoms with Crippen molar-refractivity contribution in [2.75, 3.05) is 5.32 Å². The fraction of sp³-hybridized carbons (Fsp3) is 0.306. The van der Waals surface area contributed by atoms with E-state index in [9.17, 15) is 0 Å². The number of hydrogen-bond donors (Lipinski definition) is 1. The molecule has 0 spiro atoms. The topological polar surface area (TPSA) is 29.9 Å². The van der Waals surface area contributed by atoms with E-state index in [1.807, 2.05) is 0 Å². The van der Waals surface area contributed by atoms with Gasteiger partial charge in [0.1, 0.15) is 11.9 Å². The van der Waals surface area contributed by atoms with Crippen LogP contribution < -0.4 is 5.32 Å². The molecule has 0 saturated heterocycles. The van der Waals surface area contributed by atoms with E-state index >= 15 is 0 Å². The van der Waals surface area contributed by atoms with Crippen molar-refractivity contribution in [3.63, 3.8) is 0 Å². The van der Waals surface area contributed by atoms with Crippen LogP contribution in [0.4, 0.5) is 5.69 Å². The van der Waals surface area contributed by atoms with Crippen LogP contribution in [-0.4, -0.2) is 9.55 Å². The molecule has 200 valence electrons. The van der Waals surface area contributed by atoms with E-state index in [1.54, 1.807) is 0 Å². The van der Waals surface area contributed by atoms with E-state index in [-0.39, 0.29) is 6.04 Å². The second-order valence-electron chi connectivity index (χ2n) is 11.6. The second-order valence-corrected chi connectivity index (χ2v) is 11.6. The maximum absolute atomic E-state index is 5.36. The Morgan fingerprint density at radius 1 is 0.744 bits per heavy atom. The number of aromatic nitrogens is 2. The Labute approximate surface area is 233 Å². The lowest BCUT2D eigenvalue weighted by atomic mass is 9.89. The van der Waals surface area contributed by atoms with Gasteiger partial charge in [0.25, 0.3) is 0 Å². The summed E-state index contributed by atoms with van der Waals surface area (Å²) < 4.78 is 2.21. The van der Waals surface area contributed by atoms with Crippen LogP contribution in [0.15, 0.2) is 79.0 Å². The van der Waals surface area contributed by atoms with E-state index in [0.717, 1.165) is 17.1 Å². The molecule has 0 saturated carbocycles. The van der Waals surface area contributed by atoms with E-state index in [0.29, 0.717) is 11.8 Å². The Morgan fingerprint density at radius 3 is 1.97 bits per heavy atom. The summed E-state index contributed by atoms with van der Waals surface area (Å²) in [7, 11) is 2.13. The number of fused-ring (bicyclic) bond motifs is 1. The number of rotatable bonds is 7. The Kier molecular flexibility index (Phi) is 7.36. The van der Waals surface area contributed by atoms with Crippen molar-refractivity contribution in [3.8, 4) is 11.3 Å². The predicted octanol–water partition coefficient (Wildman–Crippen LogP) is 9.61. The lowest BCUT2D eigenvalue weighted by Gasteiger charge is -2.28. The summed E-state index contributed by atoms with van der Waals surface area (Å²) in [4.78, 5) is 5.36. The first-order valence-corrected chi connectivity index (χ1v) is 14.1. The van der Waals surface area contributed by atoms with Gasteiger partial charge < -0.3 is 9.88 Å². The fourth-order valence-corrected chi connectivity index (χ4v) is 6.10. The number of aryl methyl sites for hydroxylation is 4. The molecule has 0 radical (unpaired) electrons. The van der Waals surface area contributed by atoms with Crippen molar-refractivity contribution >= 4 is 16.5 Å². The van der Waals surface area contributed by atoms with Crippen molar-refractivity contribution in [3.05, 3.63) is 118 Å². The molecule has 4 aromatic carbocycles. The molecule has 1 N–H and O–H groups in total. The van der Waals surface area contributed by atoms with Crippen LogP contribution in [0.1, 0.15) is 84.8 Å². The first kappa shape index (κ1) is 26.7. The van der Waals surface area contributed by atoms with Crippen LogP contribution in [-0.2, 0) is 7.05 Å². The summed E-state index contributed by atoms with van der Waals surface area (Å²) in [5.74, 6) is 1.82. The molecule has 0 aliphatic heterocycles. The maximum atomic E-state index is 5.36. The lowest BCUT2D eigenvalue weighted by Crippen LogP contribution is -2.21. The Bertz CT molecular complexity index is 1580. The van der Waals surface area contributed by atoms with Crippen molar-refractivity contribution in [1.29, 1.82) is 0 Å². The Hall–Kier alpha value is -3.85. The third-order valence-electron chi connectivity index (χ3n) is 7.92. The van der Waals surface area contributed by atoms with Gasteiger partial charge in [-0.3, -0.25) is 0 Å². The summed E-state index contributed by atoms with van der Waals surface area (Å²) in [6.45, 7) is 15.8. The molecule has 3 heteroatoms. The summed E-state index contributed by atoms with van der Waals surface area (Å²) in [6, 6.07) is 26.3. The van der Waals surface area contributed by atoms with Crippen LogP contribution in [0.2, 0.25) is 0 Å². The molecule has 39 heavy (non-hydrogen) atoms. The minimum Gasteiger partial charge on any atom is -0.371 e. The highest BCUT2D eigenvalue weighted by molar-refractivity contribution is 5.95. The Morgan fingerprint density at radius 2 is 1.33 bits per heavy atom. The van der Waals surface area contributed by atoms with E-state index in [2.05, 4.69) is 144 Å². The Balaban J connectivity index is 1.73. The molecule has 1 heterocycles. The third kappa shape index (κ3) is 5.11. The number of benzene rings is 4. The first-order valence-electron chi connectivity index (χ1n) is 14.1. The molecule has 1 atom stereocenters. The monoisotopic (exact) mass is 515 g/mol. The largest absolute Gasteiger partial charge is 0.371 e. The van der Waals surface area contributed by atoms with Gasteiger partial charge in [-0.15, -0.1) is 0 Å². The molecule has 0 bridgehead atoms. The van der Waals surface area contributed by atoms with Crippen LogP contribution >= 0.6 is 0 Å². The van der Waals surface area contributed by atoms with Crippen molar-refractivity contribution in [2.24, 2.45) is 7.05 Å². The van der Waals surface area contributed by atoms with Gasteiger partial charge in [0, 0.05) is 24.5 Å². The number of para-hydroxylation sites is 1. The van der Waals surface area contributed by atoms with Crippen molar-refractivity contribution in [2.45, 2.75) is 66.3 Å². The highest BCUT2D eigenvalue weighted by atomic mass is 15.1. The van der Waals surface area contributed by atoms with Gasteiger partial charge in [0.05, 0.1) is 5.69 Å². The number of imidazole rings is 1. The van der Waals surface area contributed by atoms with E-state index < -0.39 is 0 Å². The average Bonchev–Trinajstić information content (AvgIpc) is 3.27. The standard InChI is InChI=1S/C36H41N3/c1-22(2)28-16-12-17-29(23(3)4)34(28)38-35(33-25(6)19-24(5)20-26(33)7)36-37-32(21-39(36)8)31-18-11-14-27-13-9-10-15-30(27)31/h9-23,35,38H,1-8H3. The zero-order chi connectivity index (χ0) is 27.8. The van der Waals surface area contributed by atoms with Crippen molar-refractivity contribution in [1.82, 2.24) is 9.55 Å². The van der Waals surface area contributed by atoms with Gasteiger partial charge in [-0.05, 0) is 71.2 Å². The molecule has 0 fully saturated rings. The van der Waals surface area contributed by atoms with Crippen LogP contribution in [0.25, 0.3) is 22.0 Å². The van der Waals surface area contributed by atoms with Crippen LogP contribution in [0.5, 0.6) is 0 Å². The average molecular weight is 516 g/mol. The molecule has 0 amide bonds. The minimum absolute atomic E-state index is 0.100. The SMILES string of the molecule is Cc1cc(C)c(C(Nc2c(C(C)C)cccc2C(C)C)c2nc(-c3cccc4ccccc34)cn2C)c(C)c1. The third-order valence-corrected chi connectivity index (χ3v) is 7.92. The number of hydrogen-bond acceptors (Lipinski definition) is 2. The molecule has 1 aromatic heterocycles. The molecule has 0 aliphatic carbocycles. The molecule has 5 rings (SSSR count). The molecule has 3 nitrogen and oxygen atoms in total. The molecular weight excluding hydrogens is 474 g/mol. The summed E-state index contributed by atoms with van der Waals surface area (Å²) in [5.41, 5.74) is 11.2. The van der Waals surface area contributed by atoms with Gasteiger partial charge in [0.15, 0.2) is 0 Å². The summed E-state index contributed by atoms with van der Waals surface area (Å²) >= 11 is 0. The molecule has 1 unspecified atom stereocenters. The van der Waals surface area contributed by atoms with Gasteiger partial charge >= 0.3 is 0 Å². The van der Waals surface area contributed by atoms with E-state index in [4.69, 9.17) is 4.98 Å². The number of nitrogens with one attached hydrogen (secondary N) is 1. The molecule has 5 aromatic rings. The van der Waals surface area contributed by atoms with Gasteiger partial charge in [0.2, 0.25) is 0 Å². The highest BCUT2D eigenvalue weighted by Crippen LogP contribution is 2.39. The van der Waals surface area contributed by atoms with Crippen molar-refractivity contribution < 1.29 is 0 Å². The molecule has 0 aliphatic rings. The summed E-state index contributed by atoms with van der Waals surface area (Å²) in [6.07, 6.45) is 2.18. The predicted molar refractivity (Wildman–Crippen MR) is 167 cm³/mol. The fourth-order valence-electron chi connectivity index (χ4n) is 6.10. The van der Waals surface area contributed by atoms with Crippen LogP contribution in [0, 0.1) is 20.8 Å². The summed E-state index contributed by atoms with van der Waals surface area (Å²) in [5, 5.41) is 6.53. The van der Waals surface area contributed by atoms with Crippen LogP contribution in [0.3, 0.4) is 0 Å². The normalized spacial score (nSPS) is 12.5. The van der Waals surface area contributed by atoms with E-state index in [1.165, 1.54) is 49.8 Å². The second kappa shape index (κ2) is 10.7.